The lowest BCUT2D eigenvalue weighted by atomic mass is 9.90. The Balaban J connectivity index is 1.61. The van der Waals surface area contributed by atoms with Crippen LogP contribution in [0.4, 0.5) is 4.39 Å². The lowest BCUT2D eigenvalue weighted by molar-refractivity contribution is -0.137. The Morgan fingerprint density at radius 2 is 2.10 bits per heavy atom. The molecule has 1 aromatic carbocycles. The number of rotatable bonds is 9. The van der Waals surface area contributed by atoms with Crippen LogP contribution in [-0.4, -0.2) is 28.1 Å². The van der Waals surface area contributed by atoms with Gasteiger partial charge >= 0.3 is 5.97 Å². The molecule has 154 valence electrons. The van der Waals surface area contributed by atoms with E-state index in [2.05, 4.69) is 0 Å². The number of benzene rings is 1. The molecule has 1 aliphatic carbocycles. The van der Waals surface area contributed by atoms with Crippen LogP contribution in [0.2, 0.25) is 0 Å². The number of hydrogen-bond acceptors (Lipinski definition) is 4. The molecule has 1 aliphatic rings. The Bertz CT molecular complexity index is 883. The molecule has 1 fully saturated rings. The Hall–Kier alpha value is -2.31. The highest BCUT2D eigenvalue weighted by atomic mass is 32.1. The summed E-state index contributed by atoms with van der Waals surface area (Å²) in [4.78, 5) is 23.5. The minimum absolute atomic E-state index is 0.0918. The molecule has 0 radical (unpaired) electrons. The zero-order valence-electron chi connectivity index (χ0n) is 16.0. The van der Waals surface area contributed by atoms with Gasteiger partial charge in [0.15, 0.2) is 0 Å². The van der Waals surface area contributed by atoms with Gasteiger partial charge in [0.05, 0.1) is 0 Å². The highest BCUT2D eigenvalue weighted by molar-refractivity contribution is 7.19. The molecule has 6 heteroatoms. The van der Waals surface area contributed by atoms with E-state index in [0.29, 0.717) is 19.3 Å². The molecule has 0 amide bonds. The quantitative estimate of drug-likeness (QED) is 0.433. The van der Waals surface area contributed by atoms with Gasteiger partial charge in [0.1, 0.15) is 18.1 Å². The van der Waals surface area contributed by atoms with Crippen molar-refractivity contribution in [3.8, 4) is 0 Å². The summed E-state index contributed by atoms with van der Waals surface area (Å²) >= 11 is 1.50. The zero-order valence-corrected chi connectivity index (χ0v) is 16.9. The lowest BCUT2D eigenvalue weighted by Gasteiger charge is -2.15. The molecule has 2 N–H and O–H groups in total. The predicted octanol–water partition coefficient (Wildman–Crippen LogP) is 5.24. The number of aliphatic carboxylic acids is 1. The molecule has 4 atom stereocenters. The number of alkyl halides is 1. The van der Waals surface area contributed by atoms with Crippen LogP contribution in [0, 0.1) is 11.8 Å². The fourth-order valence-corrected chi connectivity index (χ4v) is 4.73. The third-order valence-corrected chi connectivity index (χ3v) is 6.45. The number of halogens is 1. The number of carboxylic acid groups (broad SMARTS) is 1. The van der Waals surface area contributed by atoms with Gasteiger partial charge in [0.25, 0.3) is 0 Å². The summed E-state index contributed by atoms with van der Waals surface area (Å²) < 4.78 is 15.4. The number of carbonyl (C=O) groups excluding carboxylic acids is 1. The Morgan fingerprint density at radius 3 is 2.86 bits per heavy atom. The van der Waals surface area contributed by atoms with Crippen molar-refractivity contribution in [2.45, 2.75) is 44.4 Å². The zero-order chi connectivity index (χ0) is 20.8. The number of aliphatic hydroxyl groups excluding tert-OH is 1. The molecule has 0 aliphatic heterocycles. The minimum atomic E-state index is -1.19. The standard InChI is InChI=1S/C23H25FO4S/c24-18-14-20(26)17(16(18)8-3-1-2-4-10-23(27)28)11-12-19(25)22-13-15-7-5-6-9-21(15)29-22/h1,3,5-7,9,11-13,16-19,25H,2,4,8,10,14H2,(H,27,28)/t16-,17-,18-,19-/m1/s1. The van der Waals surface area contributed by atoms with Crippen LogP contribution in [-0.2, 0) is 9.59 Å². The summed E-state index contributed by atoms with van der Waals surface area (Å²) in [5, 5.41) is 20.2. The lowest BCUT2D eigenvalue weighted by Crippen LogP contribution is -2.16. The number of unbranched alkanes of at least 4 members (excludes halogenated alkanes) is 1. The summed E-state index contributed by atoms with van der Waals surface area (Å²) in [5.74, 6) is -1.95. The van der Waals surface area contributed by atoms with Crippen LogP contribution >= 0.6 is 11.3 Å². The first-order valence-corrected chi connectivity index (χ1v) is 10.7. The van der Waals surface area contributed by atoms with Gasteiger partial charge in [-0.05, 0) is 36.8 Å². The summed E-state index contributed by atoms with van der Waals surface area (Å²) in [6.45, 7) is 0. The SMILES string of the molecule is O=C(O)CCCC=CC[C@H]1[C@H](F)CC(=O)[C@@H]1C=C[C@@H](O)c1cc2ccccc2s1. The molecule has 0 spiro atoms. The van der Waals surface area contributed by atoms with Gasteiger partial charge in [-0.15, -0.1) is 11.3 Å². The van der Waals surface area contributed by atoms with Crippen LogP contribution in [0.15, 0.2) is 54.6 Å². The molecule has 0 bridgehead atoms. The maximum atomic E-state index is 14.3. The van der Waals surface area contributed by atoms with E-state index in [9.17, 15) is 19.1 Å². The van der Waals surface area contributed by atoms with E-state index in [1.807, 2.05) is 42.5 Å². The Labute approximate surface area is 173 Å². The van der Waals surface area contributed by atoms with E-state index in [0.717, 1.165) is 15.0 Å². The van der Waals surface area contributed by atoms with Crippen molar-refractivity contribution in [2.75, 3.05) is 0 Å². The van der Waals surface area contributed by atoms with Crippen LogP contribution in [0.1, 0.15) is 43.1 Å². The Morgan fingerprint density at radius 1 is 1.31 bits per heavy atom. The number of ketones is 1. The Kier molecular flexibility index (Phi) is 7.34. The van der Waals surface area contributed by atoms with Crippen LogP contribution in [0.3, 0.4) is 0 Å². The fourth-order valence-electron chi connectivity index (χ4n) is 3.70. The van der Waals surface area contributed by atoms with E-state index in [1.54, 1.807) is 12.2 Å². The van der Waals surface area contributed by atoms with Crippen molar-refractivity contribution >= 4 is 33.2 Å². The normalized spacial score (nSPS) is 23.5. The number of carboxylic acids is 1. The van der Waals surface area contributed by atoms with Gasteiger partial charge in [-0.3, -0.25) is 9.59 Å². The van der Waals surface area contributed by atoms with Crippen molar-refractivity contribution in [1.29, 1.82) is 0 Å². The van der Waals surface area contributed by atoms with Gasteiger partial charge in [0.2, 0.25) is 0 Å². The van der Waals surface area contributed by atoms with Crippen molar-refractivity contribution < 1.29 is 24.2 Å². The highest BCUT2D eigenvalue weighted by Crippen LogP contribution is 2.37. The van der Waals surface area contributed by atoms with Crippen LogP contribution < -0.4 is 0 Å². The van der Waals surface area contributed by atoms with Crippen LogP contribution in [0.5, 0.6) is 0 Å². The van der Waals surface area contributed by atoms with Crippen molar-refractivity contribution in [1.82, 2.24) is 0 Å². The molecule has 1 aromatic heterocycles. The summed E-state index contributed by atoms with van der Waals surface area (Å²) in [6.07, 6.45) is 6.52. The number of allylic oxidation sites excluding steroid dienone is 3. The van der Waals surface area contributed by atoms with Crippen LogP contribution in [0.25, 0.3) is 10.1 Å². The molecule has 2 aromatic rings. The van der Waals surface area contributed by atoms with E-state index in [4.69, 9.17) is 5.11 Å². The first-order valence-electron chi connectivity index (χ1n) is 9.84. The highest BCUT2D eigenvalue weighted by Gasteiger charge is 2.40. The number of Topliss-reactive ketones (excluding diaryl/α,β-unsaturated/α-hetero) is 1. The number of thiophene rings is 1. The number of carbonyl (C=O) groups is 2. The predicted molar refractivity (Wildman–Crippen MR) is 113 cm³/mol. The third kappa shape index (κ3) is 5.61. The summed E-state index contributed by atoms with van der Waals surface area (Å²) in [5.41, 5.74) is 0. The van der Waals surface area contributed by atoms with Gasteiger partial charge in [0, 0.05) is 34.3 Å². The smallest absolute Gasteiger partial charge is 0.303 e. The second kappa shape index (κ2) is 9.94. The molecular formula is C23H25FO4S. The summed E-state index contributed by atoms with van der Waals surface area (Å²) in [7, 11) is 0. The van der Waals surface area contributed by atoms with Crippen molar-refractivity contribution in [2.24, 2.45) is 11.8 Å². The second-order valence-corrected chi connectivity index (χ2v) is 8.50. The van der Waals surface area contributed by atoms with Crippen molar-refractivity contribution in [3.05, 3.63) is 59.5 Å². The number of fused-ring (bicyclic) bond motifs is 1. The first-order chi connectivity index (χ1) is 14.0. The fraction of sp³-hybridized carbons (Fsp3) is 0.391. The largest absolute Gasteiger partial charge is 0.481 e. The molecule has 29 heavy (non-hydrogen) atoms. The molecule has 1 heterocycles. The maximum absolute atomic E-state index is 14.3. The average molecular weight is 417 g/mol. The van der Waals surface area contributed by atoms with Gasteiger partial charge in [-0.25, -0.2) is 4.39 Å². The van der Waals surface area contributed by atoms with Gasteiger partial charge in [-0.2, -0.15) is 0 Å². The molecule has 1 saturated carbocycles. The molecule has 0 unspecified atom stereocenters. The molecule has 0 saturated heterocycles. The van der Waals surface area contributed by atoms with E-state index >= 15 is 0 Å². The van der Waals surface area contributed by atoms with Gasteiger partial charge < -0.3 is 10.2 Å². The monoisotopic (exact) mass is 416 g/mol. The third-order valence-electron chi connectivity index (χ3n) is 5.27. The first kappa shape index (κ1) is 21.4. The van der Waals surface area contributed by atoms with E-state index in [-0.39, 0.29) is 18.6 Å². The van der Waals surface area contributed by atoms with E-state index in [1.165, 1.54) is 11.3 Å². The topological polar surface area (TPSA) is 74.6 Å². The number of aliphatic hydroxyl groups is 1. The number of hydrogen-bond donors (Lipinski definition) is 2. The average Bonchev–Trinajstić information content (AvgIpc) is 3.23. The van der Waals surface area contributed by atoms with Gasteiger partial charge in [-0.1, -0.05) is 42.5 Å². The maximum Gasteiger partial charge on any atom is 0.303 e. The minimum Gasteiger partial charge on any atom is -0.481 e. The molecule has 4 nitrogen and oxygen atoms in total. The molecular weight excluding hydrogens is 391 g/mol. The molecule has 3 rings (SSSR count). The van der Waals surface area contributed by atoms with Crippen molar-refractivity contribution in [3.63, 3.8) is 0 Å². The summed E-state index contributed by atoms with van der Waals surface area (Å²) in [6, 6.07) is 9.80. The van der Waals surface area contributed by atoms with E-state index < -0.39 is 30.1 Å². The second-order valence-electron chi connectivity index (χ2n) is 7.39.